The summed E-state index contributed by atoms with van der Waals surface area (Å²) in [4.78, 5) is 48.6. The van der Waals surface area contributed by atoms with Crippen LogP contribution in [0.25, 0.3) is 0 Å². The molecule has 55 heavy (non-hydrogen) atoms. The van der Waals surface area contributed by atoms with E-state index < -0.39 is 18.0 Å². The number of ether oxygens (including phenoxy) is 2. The highest BCUT2D eigenvalue weighted by Crippen LogP contribution is 2.42. The molecule has 300 valence electrons. The minimum atomic E-state index is -1.07. The highest BCUT2D eigenvalue weighted by molar-refractivity contribution is 5.98. The van der Waals surface area contributed by atoms with Gasteiger partial charge in [-0.2, -0.15) is 0 Å². The van der Waals surface area contributed by atoms with Gasteiger partial charge in [0.15, 0.2) is 0 Å². The molecule has 2 amide bonds. The van der Waals surface area contributed by atoms with Crippen LogP contribution >= 0.6 is 0 Å². The average Bonchev–Trinajstić information content (AvgIpc) is 3.56. The molecular weight excluding hydrogens is 697 g/mol. The number of methoxy groups -OCH3 is 1. The average molecular weight is 759 g/mol. The first kappa shape index (κ1) is 46.0. The van der Waals surface area contributed by atoms with Gasteiger partial charge in [-0.25, -0.2) is 9.59 Å². The van der Waals surface area contributed by atoms with Crippen LogP contribution in [0, 0.1) is 6.92 Å². The van der Waals surface area contributed by atoms with Gasteiger partial charge in [-0.1, -0.05) is 91.5 Å². The number of hydrogen-bond donors (Lipinski definition) is 4. The van der Waals surface area contributed by atoms with Gasteiger partial charge < -0.3 is 30.3 Å². The van der Waals surface area contributed by atoms with Crippen molar-refractivity contribution in [3.63, 3.8) is 0 Å². The number of allylic oxidation sites excluding steroid dienone is 14. The minimum absolute atomic E-state index is 0.108. The molecule has 10 heteroatoms. The molecule has 4 N–H and O–H groups in total. The molecule has 1 aliphatic rings. The van der Waals surface area contributed by atoms with Crippen molar-refractivity contribution in [1.82, 2.24) is 10.6 Å². The zero-order chi connectivity index (χ0) is 40.3. The summed E-state index contributed by atoms with van der Waals surface area (Å²) in [6.45, 7) is 6.38. The second kappa shape index (κ2) is 27.5. The number of aliphatic carboxylic acids is 1. The molecule has 1 aliphatic heterocycles. The van der Waals surface area contributed by atoms with Crippen molar-refractivity contribution < 1.29 is 38.9 Å². The summed E-state index contributed by atoms with van der Waals surface area (Å²) in [6, 6.07) is -0.973. The number of aromatic hydroxyl groups is 1. The normalized spacial score (nSPS) is 13.9. The Balaban J connectivity index is 1.57. The highest BCUT2D eigenvalue weighted by atomic mass is 16.5. The lowest BCUT2D eigenvalue weighted by molar-refractivity contribution is -0.142. The van der Waals surface area contributed by atoms with E-state index in [1.807, 2.05) is 32.1 Å². The van der Waals surface area contributed by atoms with Crippen LogP contribution in [0.5, 0.6) is 11.5 Å². The number of hydrogen-bond acceptors (Lipinski definition) is 7. The standard InChI is InChI=1S/C45H62N2O8/c1-5-6-7-8-9-10-11-12-13-14-15-16-17-18-19-20-21-22-23-27-40(49)47-38(44(51)52)26-24-25-32-46-39(48)31-29-34(2)28-30-36-42(50)41-37(33-55-45(41)53)35(3)43(36)54-4/h6-7,9-10,12-13,15-16,18-19,21-22,28,38,50H,5,8,11,14,17,20,23-27,29-33H2,1-4H3,(H,46,48)(H,47,49)(H,51,52)/b7-6-,10-9-,13-12-,16-15-,19-18-,22-21?,34-28-. The number of esters is 1. The van der Waals surface area contributed by atoms with Gasteiger partial charge in [-0.3, -0.25) is 9.59 Å². The van der Waals surface area contributed by atoms with Crippen molar-refractivity contribution in [2.45, 2.75) is 123 Å². The monoisotopic (exact) mass is 758 g/mol. The van der Waals surface area contributed by atoms with Crippen LogP contribution in [0.2, 0.25) is 0 Å². The van der Waals surface area contributed by atoms with Crippen LogP contribution in [0.15, 0.2) is 84.6 Å². The summed E-state index contributed by atoms with van der Waals surface area (Å²) in [5.41, 5.74) is 3.03. The number of unbranched alkanes of at least 4 members (excludes halogenated alkanes) is 1. The Labute approximate surface area is 327 Å². The third-order valence-corrected chi connectivity index (χ3v) is 9.06. The molecule has 1 aromatic rings. The lowest BCUT2D eigenvalue weighted by Crippen LogP contribution is -2.40. The van der Waals surface area contributed by atoms with Gasteiger partial charge in [0.2, 0.25) is 11.8 Å². The van der Waals surface area contributed by atoms with Gasteiger partial charge in [0.05, 0.1) is 7.11 Å². The quantitative estimate of drug-likeness (QED) is 0.0394. The third kappa shape index (κ3) is 18.2. The van der Waals surface area contributed by atoms with Gasteiger partial charge >= 0.3 is 11.9 Å². The Bertz CT molecular complexity index is 1610. The number of amides is 2. The van der Waals surface area contributed by atoms with E-state index in [1.54, 1.807) is 0 Å². The first-order valence-electron chi connectivity index (χ1n) is 19.5. The van der Waals surface area contributed by atoms with Crippen LogP contribution in [0.4, 0.5) is 0 Å². The molecule has 1 atom stereocenters. The van der Waals surface area contributed by atoms with Gasteiger partial charge in [-0.15, -0.1) is 0 Å². The van der Waals surface area contributed by atoms with E-state index >= 15 is 0 Å². The number of phenols is 1. The fraction of sp³-hybridized carbons (Fsp3) is 0.467. The van der Waals surface area contributed by atoms with Gasteiger partial charge in [0, 0.05) is 30.5 Å². The number of carbonyl (C=O) groups is 4. The molecule has 0 saturated carbocycles. The van der Waals surface area contributed by atoms with Gasteiger partial charge in [0.25, 0.3) is 0 Å². The number of rotatable bonds is 27. The predicted octanol–water partition coefficient (Wildman–Crippen LogP) is 8.98. The first-order chi connectivity index (χ1) is 26.6. The lowest BCUT2D eigenvalue weighted by Gasteiger charge is -2.15. The van der Waals surface area contributed by atoms with Crippen LogP contribution in [-0.2, 0) is 32.1 Å². The summed E-state index contributed by atoms with van der Waals surface area (Å²) in [7, 11) is 1.52. The van der Waals surface area contributed by atoms with Crippen molar-refractivity contribution in [1.29, 1.82) is 0 Å². The van der Waals surface area contributed by atoms with Crippen molar-refractivity contribution >= 4 is 23.8 Å². The molecule has 0 fully saturated rings. The fourth-order valence-corrected chi connectivity index (χ4v) is 5.88. The fourth-order valence-electron chi connectivity index (χ4n) is 5.88. The minimum Gasteiger partial charge on any atom is -0.507 e. The van der Waals surface area contributed by atoms with E-state index in [0.29, 0.717) is 55.5 Å². The Kier molecular flexibility index (Phi) is 23.0. The van der Waals surface area contributed by atoms with Crippen molar-refractivity contribution in [3.8, 4) is 11.5 Å². The Hall–Kier alpha value is -5.12. The third-order valence-electron chi connectivity index (χ3n) is 9.06. The second-order valence-corrected chi connectivity index (χ2v) is 13.4. The molecule has 1 unspecified atom stereocenters. The smallest absolute Gasteiger partial charge is 0.342 e. The van der Waals surface area contributed by atoms with E-state index in [1.165, 1.54) is 7.11 Å². The summed E-state index contributed by atoms with van der Waals surface area (Å²) >= 11 is 0. The maximum Gasteiger partial charge on any atom is 0.342 e. The number of carboxylic acids is 1. The molecule has 0 aromatic heterocycles. The number of cyclic esters (lactones) is 1. The van der Waals surface area contributed by atoms with E-state index in [9.17, 15) is 29.4 Å². The second-order valence-electron chi connectivity index (χ2n) is 13.4. The highest BCUT2D eigenvalue weighted by Gasteiger charge is 2.31. The van der Waals surface area contributed by atoms with E-state index in [4.69, 9.17) is 9.47 Å². The molecule has 1 heterocycles. The maximum absolute atomic E-state index is 12.4. The predicted molar refractivity (Wildman–Crippen MR) is 219 cm³/mol. The van der Waals surface area contributed by atoms with Crippen molar-refractivity contribution in [2.75, 3.05) is 13.7 Å². The summed E-state index contributed by atoms with van der Waals surface area (Å²) in [5, 5.41) is 25.9. The Morgan fingerprint density at radius 2 is 1.42 bits per heavy atom. The van der Waals surface area contributed by atoms with Crippen LogP contribution < -0.4 is 15.4 Å². The molecule has 1 aromatic carbocycles. The van der Waals surface area contributed by atoms with Gasteiger partial charge in [0.1, 0.15) is 29.7 Å². The first-order valence-corrected chi connectivity index (χ1v) is 19.5. The molecule has 0 radical (unpaired) electrons. The van der Waals surface area contributed by atoms with Crippen LogP contribution in [0.1, 0.15) is 124 Å². The van der Waals surface area contributed by atoms with Gasteiger partial charge in [-0.05, 0) is 96.5 Å². The number of benzene rings is 1. The molecule has 0 saturated heterocycles. The summed E-state index contributed by atoms with van der Waals surface area (Å²) < 4.78 is 10.6. The largest absolute Gasteiger partial charge is 0.507 e. The van der Waals surface area contributed by atoms with E-state index in [0.717, 1.165) is 49.7 Å². The number of carboxylic acid groups (broad SMARTS) is 1. The van der Waals surface area contributed by atoms with Crippen LogP contribution in [0.3, 0.4) is 0 Å². The van der Waals surface area contributed by atoms with E-state index in [-0.39, 0.29) is 49.0 Å². The molecule has 0 bridgehead atoms. The number of nitrogens with one attached hydrogen (secondary N) is 2. The summed E-state index contributed by atoms with van der Waals surface area (Å²) in [6.07, 6.45) is 36.3. The Morgan fingerprint density at radius 1 is 0.836 bits per heavy atom. The number of fused-ring (bicyclic) bond motifs is 1. The lowest BCUT2D eigenvalue weighted by atomic mass is 9.94. The SMILES string of the molecule is CC/C=C\C/C=C\C/C=C\C/C=C\C/C=C\CC=CCCC(=O)NC(CCCCNC(=O)CC/C(C)=C\Cc1c(O)c2c(c(C)c1OC)COC2=O)C(=O)O. The number of carbonyl (C=O) groups excluding carboxylic acids is 3. The molecular formula is C45H62N2O8. The zero-order valence-corrected chi connectivity index (χ0v) is 33.2. The maximum atomic E-state index is 12.4. The zero-order valence-electron chi connectivity index (χ0n) is 33.2. The summed E-state index contributed by atoms with van der Waals surface area (Å²) in [5.74, 6) is -1.66. The molecule has 10 nitrogen and oxygen atoms in total. The molecule has 2 rings (SSSR count). The van der Waals surface area contributed by atoms with Crippen LogP contribution in [-0.4, -0.2) is 53.7 Å². The van der Waals surface area contributed by atoms with Crippen molar-refractivity contribution in [2.24, 2.45) is 0 Å². The molecule has 0 spiro atoms. The molecule has 0 aliphatic carbocycles. The Morgan fingerprint density at radius 3 is 1.98 bits per heavy atom. The number of phenolic OH excluding ortho intramolecular Hbond substituents is 1. The topological polar surface area (TPSA) is 151 Å². The van der Waals surface area contributed by atoms with Crippen molar-refractivity contribution in [3.05, 3.63) is 107 Å². The van der Waals surface area contributed by atoms with E-state index in [2.05, 4.69) is 78.3 Å².